The number of nitrogens with zero attached hydrogens (tertiary/aromatic N) is 4. The van der Waals surface area contributed by atoms with Crippen molar-refractivity contribution in [3.8, 4) is 5.13 Å². The second-order valence-corrected chi connectivity index (χ2v) is 9.42. The maximum atomic E-state index is 13.2. The summed E-state index contributed by atoms with van der Waals surface area (Å²) in [5, 5.41) is 4.24. The number of nitrogens with one attached hydrogen (secondary N) is 1. The summed E-state index contributed by atoms with van der Waals surface area (Å²) in [4.78, 5) is 38.1. The van der Waals surface area contributed by atoms with Gasteiger partial charge in [0.15, 0.2) is 10.3 Å². The fraction of sp³-hybridized carbons (Fsp3) is 0.400. The summed E-state index contributed by atoms with van der Waals surface area (Å²) in [5.74, 6) is -0.142. The van der Waals surface area contributed by atoms with E-state index in [0.29, 0.717) is 36.1 Å². The number of fused-ring (bicyclic) bond motifs is 1. The van der Waals surface area contributed by atoms with E-state index >= 15 is 0 Å². The molecule has 0 saturated carbocycles. The first-order chi connectivity index (χ1) is 14.6. The van der Waals surface area contributed by atoms with Crippen LogP contribution in [0.5, 0.6) is 0 Å². The molecule has 0 aromatic carbocycles. The molecule has 10 heteroatoms. The fourth-order valence-electron chi connectivity index (χ4n) is 3.69. The third-order valence-electron chi connectivity index (χ3n) is 5.28. The molecule has 1 saturated heterocycles. The van der Waals surface area contributed by atoms with Crippen LogP contribution >= 0.6 is 22.7 Å². The first-order valence-electron chi connectivity index (χ1n) is 9.89. The van der Waals surface area contributed by atoms with Crippen LogP contribution in [0.2, 0.25) is 0 Å². The Hall–Kier alpha value is -2.56. The van der Waals surface area contributed by atoms with Gasteiger partial charge >= 0.3 is 0 Å². The van der Waals surface area contributed by atoms with Gasteiger partial charge in [-0.2, -0.15) is 0 Å². The molecule has 2 amide bonds. The SMILES string of the molecule is Cc1nc(-n2cccc2)sc1C(=O)N1CCc2nc(NC(=O)C3CCCO3)sc2C1. The standard InChI is InChI=1S/C20H21N5O3S2/c1-12-16(30-20(21-12)24-7-2-3-8-24)18(27)25-9-6-13-15(11-25)29-19(22-13)23-17(26)14-5-4-10-28-14/h2-3,7-8,14H,4-6,9-11H2,1H3,(H,22,23,26). The van der Waals surface area contributed by atoms with Gasteiger partial charge in [0.1, 0.15) is 11.0 Å². The molecule has 2 aliphatic heterocycles. The van der Waals surface area contributed by atoms with Gasteiger partial charge in [-0.3, -0.25) is 14.9 Å². The van der Waals surface area contributed by atoms with Crippen molar-refractivity contribution in [2.45, 2.75) is 38.8 Å². The Bertz CT molecular complexity index is 1080. The first-order valence-corrected chi connectivity index (χ1v) is 11.5. The third-order valence-corrected chi connectivity index (χ3v) is 7.43. The lowest BCUT2D eigenvalue weighted by molar-refractivity contribution is -0.124. The number of carbonyl (C=O) groups excluding carboxylic acids is 2. The highest BCUT2D eigenvalue weighted by molar-refractivity contribution is 7.16. The van der Waals surface area contributed by atoms with Crippen molar-refractivity contribution in [1.29, 1.82) is 0 Å². The molecule has 3 aromatic rings. The highest BCUT2D eigenvalue weighted by atomic mass is 32.1. The molecule has 5 rings (SSSR count). The smallest absolute Gasteiger partial charge is 0.266 e. The quantitative estimate of drug-likeness (QED) is 0.670. The number of hydrogen-bond acceptors (Lipinski definition) is 7. The number of carbonyl (C=O) groups is 2. The Balaban J connectivity index is 1.29. The number of thiazole rings is 2. The minimum Gasteiger partial charge on any atom is -0.368 e. The molecule has 1 unspecified atom stereocenters. The van der Waals surface area contributed by atoms with Crippen molar-refractivity contribution in [1.82, 2.24) is 19.4 Å². The lowest BCUT2D eigenvalue weighted by Crippen LogP contribution is -2.35. The molecule has 0 spiro atoms. The zero-order chi connectivity index (χ0) is 20.7. The van der Waals surface area contributed by atoms with Crippen LogP contribution in [0, 0.1) is 6.92 Å². The Morgan fingerprint density at radius 3 is 2.83 bits per heavy atom. The van der Waals surface area contributed by atoms with Gasteiger partial charge < -0.3 is 14.2 Å². The van der Waals surface area contributed by atoms with E-state index < -0.39 is 0 Å². The van der Waals surface area contributed by atoms with Crippen LogP contribution in [0.1, 0.15) is 38.8 Å². The van der Waals surface area contributed by atoms with Crippen LogP contribution < -0.4 is 5.32 Å². The van der Waals surface area contributed by atoms with Crippen LogP contribution in [0.15, 0.2) is 24.5 Å². The maximum absolute atomic E-state index is 13.2. The molecule has 5 heterocycles. The predicted octanol–water partition coefficient (Wildman–Crippen LogP) is 3.01. The van der Waals surface area contributed by atoms with E-state index in [1.54, 1.807) is 0 Å². The van der Waals surface area contributed by atoms with Crippen molar-refractivity contribution in [2.24, 2.45) is 0 Å². The van der Waals surface area contributed by atoms with Crippen molar-refractivity contribution < 1.29 is 14.3 Å². The minimum absolute atomic E-state index is 0.00704. The van der Waals surface area contributed by atoms with Gasteiger partial charge in [-0.25, -0.2) is 9.97 Å². The van der Waals surface area contributed by atoms with E-state index in [-0.39, 0.29) is 17.9 Å². The molecular formula is C20H21N5O3S2. The molecule has 30 heavy (non-hydrogen) atoms. The average Bonchev–Trinajstić information content (AvgIpc) is 3.52. The molecular weight excluding hydrogens is 422 g/mol. The Kier molecular flexibility index (Phi) is 5.13. The number of aromatic nitrogens is 3. The molecule has 1 atom stereocenters. The summed E-state index contributed by atoms with van der Waals surface area (Å²) in [6.07, 6.45) is 5.79. The zero-order valence-electron chi connectivity index (χ0n) is 16.5. The zero-order valence-corrected chi connectivity index (χ0v) is 18.1. The molecule has 0 aliphatic carbocycles. The highest BCUT2D eigenvalue weighted by Crippen LogP contribution is 2.31. The number of amides is 2. The summed E-state index contributed by atoms with van der Waals surface area (Å²) in [6, 6.07) is 3.87. The molecule has 156 valence electrons. The van der Waals surface area contributed by atoms with Gasteiger partial charge in [-0.1, -0.05) is 22.7 Å². The van der Waals surface area contributed by atoms with E-state index in [0.717, 1.165) is 34.2 Å². The summed E-state index contributed by atoms with van der Waals surface area (Å²) in [5.41, 5.74) is 1.70. The van der Waals surface area contributed by atoms with Gasteiger partial charge in [0, 0.05) is 36.8 Å². The molecule has 1 N–H and O–H groups in total. The Morgan fingerprint density at radius 2 is 2.07 bits per heavy atom. The van der Waals surface area contributed by atoms with E-state index in [9.17, 15) is 9.59 Å². The number of hydrogen-bond donors (Lipinski definition) is 1. The molecule has 3 aromatic heterocycles. The molecule has 0 radical (unpaired) electrons. The van der Waals surface area contributed by atoms with E-state index in [2.05, 4.69) is 15.3 Å². The van der Waals surface area contributed by atoms with Crippen molar-refractivity contribution in [2.75, 3.05) is 18.5 Å². The Morgan fingerprint density at radius 1 is 1.23 bits per heavy atom. The molecule has 0 bridgehead atoms. The monoisotopic (exact) mass is 443 g/mol. The topological polar surface area (TPSA) is 89.4 Å². The minimum atomic E-state index is -0.382. The van der Waals surface area contributed by atoms with E-state index in [4.69, 9.17) is 4.74 Å². The fourth-order valence-corrected chi connectivity index (χ4v) is 5.72. The average molecular weight is 444 g/mol. The third kappa shape index (κ3) is 3.66. The van der Waals surface area contributed by atoms with Gasteiger partial charge in [0.2, 0.25) is 0 Å². The summed E-state index contributed by atoms with van der Waals surface area (Å²) in [6.45, 7) is 3.60. The molecule has 2 aliphatic rings. The molecule has 1 fully saturated rings. The van der Waals surface area contributed by atoms with Gasteiger partial charge in [0.05, 0.1) is 17.9 Å². The normalized spacial score (nSPS) is 18.4. The highest BCUT2D eigenvalue weighted by Gasteiger charge is 2.29. The Labute approximate surface area is 181 Å². The van der Waals surface area contributed by atoms with E-state index in [1.807, 2.05) is 40.9 Å². The van der Waals surface area contributed by atoms with Crippen LogP contribution in [0.4, 0.5) is 5.13 Å². The van der Waals surface area contributed by atoms with Crippen molar-refractivity contribution >= 4 is 39.6 Å². The second-order valence-electron chi connectivity index (χ2n) is 7.36. The van der Waals surface area contributed by atoms with Gasteiger partial charge in [-0.15, -0.1) is 0 Å². The van der Waals surface area contributed by atoms with E-state index in [1.165, 1.54) is 22.7 Å². The van der Waals surface area contributed by atoms with Gasteiger partial charge in [0.25, 0.3) is 11.8 Å². The number of anilines is 1. The number of ether oxygens (including phenoxy) is 1. The van der Waals surface area contributed by atoms with Crippen molar-refractivity contribution in [3.05, 3.63) is 45.7 Å². The maximum Gasteiger partial charge on any atom is 0.266 e. The first kappa shape index (κ1) is 19.4. The van der Waals surface area contributed by atoms with Crippen LogP contribution in [-0.2, 0) is 22.5 Å². The predicted molar refractivity (Wildman–Crippen MR) is 114 cm³/mol. The van der Waals surface area contributed by atoms with Crippen molar-refractivity contribution in [3.63, 3.8) is 0 Å². The largest absolute Gasteiger partial charge is 0.368 e. The lowest BCUT2D eigenvalue weighted by Gasteiger charge is -2.25. The van der Waals surface area contributed by atoms with Crippen LogP contribution in [-0.4, -0.2) is 50.5 Å². The molecule has 8 nitrogen and oxygen atoms in total. The number of rotatable bonds is 4. The summed E-state index contributed by atoms with van der Waals surface area (Å²) < 4.78 is 7.34. The van der Waals surface area contributed by atoms with Gasteiger partial charge in [-0.05, 0) is 31.9 Å². The number of aryl methyl sites for hydroxylation is 1. The second kappa shape index (κ2) is 7.93. The summed E-state index contributed by atoms with van der Waals surface area (Å²) in [7, 11) is 0. The van der Waals surface area contributed by atoms with Crippen LogP contribution in [0.25, 0.3) is 5.13 Å². The van der Waals surface area contributed by atoms with Crippen LogP contribution in [0.3, 0.4) is 0 Å². The lowest BCUT2D eigenvalue weighted by atomic mass is 10.1. The summed E-state index contributed by atoms with van der Waals surface area (Å²) >= 11 is 2.84.